The molecule has 0 amide bonds. The molecule has 16 heavy (non-hydrogen) atoms. The van der Waals surface area contributed by atoms with E-state index in [2.05, 4.69) is 67.1 Å². The summed E-state index contributed by atoms with van der Waals surface area (Å²) in [6, 6.07) is 15.7. The molecule has 1 aromatic carbocycles. The summed E-state index contributed by atoms with van der Waals surface area (Å²) in [7, 11) is 0. The van der Waals surface area contributed by atoms with E-state index in [1.54, 1.807) is 0 Å². The van der Waals surface area contributed by atoms with Crippen molar-refractivity contribution < 1.29 is 4.57 Å². The van der Waals surface area contributed by atoms with E-state index in [9.17, 15) is 0 Å². The molecule has 80 valence electrons. The topological polar surface area (TPSA) is 3.88 Å². The van der Waals surface area contributed by atoms with Gasteiger partial charge in [-0.25, -0.2) is 0 Å². The fourth-order valence-electron chi connectivity index (χ4n) is 2.67. The maximum absolute atomic E-state index is 2.38. The molecule has 2 heterocycles. The van der Waals surface area contributed by atoms with Crippen molar-refractivity contribution in [2.24, 2.45) is 0 Å². The lowest BCUT2D eigenvalue weighted by Gasteiger charge is -2.25. The first-order chi connectivity index (χ1) is 7.79. The quantitative estimate of drug-likeness (QED) is 0.587. The molecule has 0 N–H and O–H groups in total. The average molecular weight is 210 g/mol. The molecule has 1 aliphatic rings. The molecule has 1 nitrogen and oxygen atoms in total. The summed E-state index contributed by atoms with van der Waals surface area (Å²) < 4.78 is 2.38. The Morgan fingerprint density at radius 2 is 1.69 bits per heavy atom. The average Bonchev–Trinajstić information content (AvgIpc) is 2.36. The number of hydrogen-bond donors (Lipinski definition) is 0. The summed E-state index contributed by atoms with van der Waals surface area (Å²) in [5.41, 5.74) is 4.19. The normalized spacial score (nSPS) is 22.4. The van der Waals surface area contributed by atoms with Crippen LogP contribution in [-0.2, 0) is 0 Å². The van der Waals surface area contributed by atoms with Gasteiger partial charge in [0.25, 0.3) is 0 Å². The van der Waals surface area contributed by atoms with Gasteiger partial charge in [-0.1, -0.05) is 25.1 Å². The summed E-state index contributed by atoms with van der Waals surface area (Å²) in [5.74, 6) is 0.580. The van der Waals surface area contributed by atoms with Gasteiger partial charge in [-0.15, -0.1) is 0 Å². The van der Waals surface area contributed by atoms with E-state index in [-0.39, 0.29) is 0 Å². The van der Waals surface area contributed by atoms with E-state index in [1.807, 2.05) is 0 Å². The van der Waals surface area contributed by atoms with Gasteiger partial charge in [0.15, 0.2) is 12.2 Å². The van der Waals surface area contributed by atoms with Gasteiger partial charge in [0.1, 0.15) is 0 Å². The Kier molecular flexibility index (Phi) is 2.06. The second kappa shape index (κ2) is 3.44. The molecule has 0 fully saturated rings. The zero-order valence-corrected chi connectivity index (χ0v) is 9.72. The van der Waals surface area contributed by atoms with Crippen LogP contribution in [0.5, 0.6) is 0 Å². The zero-order chi connectivity index (χ0) is 11.1. The van der Waals surface area contributed by atoms with Crippen molar-refractivity contribution in [3.05, 3.63) is 54.2 Å². The molecule has 0 aliphatic carbocycles. The van der Waals surface area contributed by atoms with Crippen molar-refractivity contribution >= 4 is 0 Å². The third kappa shape index (κ3) is 1.21. The summed E-state index contributed by atoms with van der Waals surface area (Å²) in [4.78, 5) is 0. The fourth-order valence-corrected chi connectivity index (χ4v) is 2.67. The Morgan fingerprint density at radius 1 is 0.938 bits per heavy atom. The first-order valence-corrected chi connectivity index (χ1v) is 5.88. The first kappa shape index (κ1) is 9.59. The van der Waals surface area contributed by atoms with Crippen molar-refractivity contribution in [1.29, 1.82) is 0 Å². The van der Waals surface area contributed by atoms with Crippen molar-refractivity contribution in [1.82, 2.24) is 0 Å². The van der Waals surface area contributed by atoms with Crippen molar-refractivity contribution in [3.8, 4) is 11.3 Å². The Hall–Kier alpha value is -1.63. The number of hydrogen-bond acceptors (Lipinski definition) is 0. The highest BCUT2D eigenvalue weighted by atomic mass is 15.0. The maximum atomic E-state index is 2.38. The van der Waals surface area contributed by atoms with Crippen LogP contribution in [0.4, 0.5) is 0 Å². The third-order valence-corrected chi connectivity index (χ3v) is 3.78. The van der Waals surface area contributed by atoms with E-state index < -0.39 is 0 Å². The van der Waals surface area contributed by atoms with Gasteiger partial charge in [0.2, 0.25) is 5.69 Å². The van der Waals surface area contributed by atoms with E-state index >= 15 is 0 Å². The minimum atomic E-state index is 0.533. The monoisotopic (exact) mass is 210 g/mol. The molecule has 0 radical (unpaired) electrons. The molecule has 0 unspecified atom stereocenters. The minimum absolute atomic E-state index is 0.533. The van der Waals surface area contributed by atoms with Crippen LogP contribution in [0, 0.1) is 0 Å². The predicted octanol–water partition coefficient (Wildman–Crippen LogP) is 3.32. The highest BCUT2D eigenvalue weighted by Gasteiger charge is 2.33. The molecular formula is C15H16N+. The molecular weight excluding hydrogens is 194 g/mol. The fraction of sp³-hybridized carbons (Fsp3) is 0.267. The lowest BCUT2D eigenvalue weighted by Crippen LogP contribution is -2.45. The molecule has 0 saturated carbocycles. The van der Waals surface area contributed by atoms with Gasteiger partial charge in [-0.2, -0.15) is 4.57 Å². The van der Waals surface area contributed by atoms with Gasteiger partial charge >= 0.3 is 0 Å². The van der Waals surface area contributed by atoms with Gasteiger partial charge < -0.3 is 0 Å². The Balaban J connectivity index is 2.33. The van der Waals surface area contributed by atoms with Gasteiger partial charge in [0.05, 0.1) is 0 Å². The van der Waals surface area contributed by atoms with E-state index in [1.165, 1.54) is 16.8 Å². The van der Waals surface area contributed by atoms with E-state index in [0.29, 0.717) is 12.0 Å². The second-order valence-electron chi connectivity index (χ2n) is 4.61. The van der Waals surface area contributed by atoms with Crippen LogP contribution >= 0.6 is 0 Å². The number of rotatable bonds is 0. The third-order valence-electron chi connectivity index (χ3n) is 3.78. The Bertz CT molecular complexity index is 481. The predicted molar refractivity (Wildman–Crippen MR) is 65.2 cm³/mol. The van der Waals surface area contributed by atoms with Gasteiger partial charge in [-0.05, 0) is 24.6 Å². The summed E-state index contributed by atoms with van der Waals surface area (Å²) in [6.07, 6.45) is 2.19. The number of benzene rings is 1. The van der Waals surface area contributed by atoms with Gasteiger partial charge in [-0.3, -0.25) is 0 Å². The maximum Gasteiger partial charge on any atom is 0.213 e. The first-order valence-electron chi connectivity index (χ1n) is 5.88. The number of nitrogens with zero attached hydrogens (tertiary/aromatic N) is 1. The van der Waals surface area contributed by atoms with Crippen LogP contribution in [-0.4, -0.2) is 0 Å². The Morgan fingerprint density at radius 3 is 2.56 bits per heavy atom. The molecule has 1 aromatic heterocycles. The van der Waals surface area contributed by atoms with Crippen LogP contribution in [0.1, 0.15) is 31.4 Å². The van der Waals surface area contributed by atoms with Crippen LogP contribution in [0.25, 0.3) is 11.3 Å². The highest BCUT2D eigenvalue weighted by molar-refractivity contribution is 5.63. The second-order valence-corrected chi connectivity index (χ2v) is 4.61. The molecule has 1 aliphatic heterocycles. The molecule has 2 aromatic rings. The van der Waals surface area contributed by atoms with Gasteiger partial charge in [0, 0.05) is 23.6 Å². The van der Waals surface area contributed by atoms with Crippen LogP contribution in [0.15, 0.2) is 48.7 Å². The summed E-state index contributed by atoms with van der Waals surface area (Å²) >= 11 is 0. The molecule has 0 spiro atoms. The minimum Gasteiger partial charge on any atom is -0.195 e. The molecule has 1 heteroatoms. The summed E-state index contributed by atoms with van der Waals surface area (Å²) in [6.45, 7) is 4.61. The number of pyridine rings is 1. The largest absolute Gasteiger partial charge is 0.213 e. The van der Waals surface area contributed by atoms with Crippen molar-refractivity contribution in [3.63, 3.8) is 0 Å². The lowest BCUT2D eigenvalue weighted by molar-refractivity contribution is -0.714. The molecule has 0 saturated heterocycles. The summed E-state index contributed by atoms with van der Waals surface area (Å²) in [5, 5.41) is 0. The molecule has 0 bridgehead atoms. The van der Waals surface area contributed by atoms with E-state index in [0.717, 1.165) is 0 Å². The number of fused-ring (bicyclic) bond motifs is 3. The SMILES string of the molecule is C[C@H]1c2ccccc2-c2cccc[n+]2[C@H]1C. The smallest absolute Gasteiger partial charge is 0.195 e. The van der Waals surface area contributed by atoms with Crippen LogP contribution < -0.4 is 4.57 Å². The standard InChI is InChI=1S/C15H16N/c1-11-12(2)16-10-6-5-9-15(16)14-8-4-3-7-13(11)14/h3-12H,1-2H3/q+1/t11-,12+/m1/s1. The van der Waals surface area contributed by atoms with Crippen molar-refractivity contribution in [2.45, 2.75) is 25.8 Å². The number of aromatic nitrogens is 1. The van der Waals surface area contributed by atoms with Crippen LogP contribution in [0.2, 0.25) is 0 Å². The lowest BCUT2D eigenvalue weighted by atomic mass is 9.85. The molecule has 2 atom stereocenters. The Labute approximate surface area is 96.4 Å². The van der Waals surface area contributed by atoms with E-state index in [4.69, 9.17) is 0 Å². The molecule has 3 rings (SSSR count). The van der Waals surface area contributed by atoms with Crippen LogP contribution in [0.3, 0.4) is 0 Å². The highest BCUT2D eigenvalue weighted by Crippen LogP contribution is 2.36. The van der Waals surface area contributed by atoms with Crippen molar-refractivity contribution in [2.75, 3.05) is 0 Å². The zero-order valence-electron chi connectivity index (χ0n) is 9.72.